The lowest BCUT2D eigenvalue weighted by atomic mass is 10.2. The second-order valence-electron chi connectivity index (χ2n) is 3.93. The molecule has 0 unspecified atom stereocenters. The highest BCUT2D eigenvalue weighted by Crippen LogP contribution is 2.17. The summed E-state index contributed by atoms with van der Waals surface area (Å²) in [5.74, 6) is -0.0621. The summed E-state index contributed by atoms with van der Waals surface area (Å²) in [5.41, 5.74) is 1.82. The summed E-state index contributed by atoms with van der Waals surface area (Å²) in [6.45, 7) is 3.92. The molecule has 0 atom stereocenters. The van der Waals surface area contributed by atoms with E-state index < -0.39 is 0 Å². The molecule has 0 radical (unpaired) electrons. The Morgan fingerprint density at radius 1 is 1.33 bits per heavy atom. The van der Waals surface area contributed by atoms with Crippen LogP contribution in [0.4, 0.5) is 11.4 Å². The number of carbonyl (C=O) groups excluding carboxylic acids is 1. The van der Waals surface area contributed by atoms with Gasteiger partial charge in [-0.3, -0.25) is 4.79 Å². The molecular weight excluding hydrogens is 230 g/mol. The lowest BCUT2D eigenvalue weighted by Gasteiger charge is -2.22. The van der Waals surface area contributed by atoms with Crippen LogP contribution in [0.3, 0.4) is 0 Å². The fourth-order valence-electron chi connectivity index (χ4n) is 1.71. The molecule has 0 heterocycles. The highest BCUT2D eigenvalue weighted by Gasteiger charge is 2.04. The Labute approximate surface area is 108 Å². The highest BCUT2D eigenvalue weighted by molar-refractivity contribution is 5.92. The summed E-state index contributed by atoms with van der Waals surface area (Å²) < 4.78 is 0. The monoisotopic (exact) mass is 251 g/mol. The van der Waals surface area contributed by atoms with E-state index in [1.165, 1.54) is 0 Å². The van der Waals surface area contributed by atoms with Crippen molar-refractivity contribution in [3.05, 3.63) is 24.3 Å². The van der Waals surface area contributed by atoms with Crippen LogP contribution >= 0.6 is 0 Å². The van der Waals surface area contributed by atoms with E-state index in [0.29, 0.717) is 13.1 Å². The van der Waals surface area contributed by atoms with E-state index >= 15 is 0 Å². The molecule has 1 amide bonds. The third kappa shape index (κ3) is 4.35. The predicted molar refractivity (Wildman–Crippen MR) is 74.0 cm³/mol. The summed E-state index contributed by atoms with van der Waals surface area (Å²) in [4.78, 5) is 13.4. The first-order chi connectivity index (χ1) is 8.71. The minimum atomic E-state index is -0.0621. The first kappa shape index (κ1) is 14.5. The number of hydrogen-bond donors (Lipinski definition) is 3. The molecule has 18 heavy (non-hydrogen) atoms. The highest BCUT2D eigenvalue weighted by atomic mass is 16.3. The molecule has 1 rings (SSSR count). The molecule has 0 aliphatic carbocycles. The lowest BCUT2D eigenvalue weighted by Crippen LogP contribution is -2.26. The van der Waals surface area contributed by atoms with Gasteiger partial charge in [-0.15, -0.1) is 0 Å². The number of likely N-dealkylation sites (N-methyl/N-ethyl adjacent to an activating group) is 2. The van der Waals surface area contributed by atoms with Crippen LogP contribution in [0.25, 0.3) is 0 Å². The summed E-state index contributed by atoms with van der Waals surface area (Å²) in [7, 11) is 1.73. The van der Waals surface area contributed by atoms with Gasteiger partial charge in [0.1, 0.15) is 0 Å². The van der Waals surface area contributed by atoms with Gasteiger partial charge in [0, 0.05) is 24.5 Å². The second kappa shape index (κ2) is 7.68. The third-order valence-electron chi connectivity index (χ3n) is 2.61. The molecule has 1 aromatic carbocycles. The number of anilines is 2. The Morgan fingerprint density at radius 3 is 2.50 bits per heavy atom. The number of rotatable bonds is 7. The minimum Gasteiger partial charge on any atom is -0.395 e. The number of amides is 1. The van der Waals surface area contributed by atoms with Crippen molar-refractivity contribution in [1.82, 2.24) is 5.32 Å². The van der Waals surface area contributed by atoms with Gasteiger partial charge in [0.05, 0.1) is 13.2 Å². The van der Waals surface area contributed by atoms with E-state index in [2.05, 4.69) is 15.5 Å². The number of aliphatic hydroxyl groups is 1. The van der Waals surface area contributed by atoms with Crippen molar-refractivity contribution < 1.29 is 9.90 Å². The zero-order chi connectivity index (χ0) is 13.4. The van der Waals surface area contributed by atoms with Crippen molar-refractivity contribution in [2.45, 2.75) is 6.92 Å². The van der Waals surface area contributed by atoms with E-state index in [9.17, 15) is 4.79 Å². The fraction of sp³-hybridized carbons (Fsp3) is 0.462. The number of nitrogens with zero attached hydrogens (tertiary/aromatic N) is 1. The average molecular weight is 251 g/mol. The van der Waals surface area contributed by atoms with Crippen LogP contribution in [0.5, 0.6) is 0 Å². The largest absolute Gasteiger partial charge is 0.395 e. The Kier molecular flexibility index (Phi) is 6.18. The van der Waals surface area contributed by atoms with Gasteiger partial charge >= 0.3 is 0 Å². The summed E-state index contributed by atoms with van der Waals surface area (Å²) in [5, 5.41) is 14.5. The van der Waals surface area contributed by atoms with Gasteiger partial charge in [0.2, 0.25) is 5.91 Å². The molecule has 3 N–H and O–H groups in total. The first-order valence-corrected chi connectivity index (χ1v) is 6.11. The van der Waals surface area contributed by atoms with E-state index in [1.54, 1.807) is 7.05 Å². The fourth-order valence-corrected chi connectivity index (χ4v) is 1.71. The molecule has 0 saturated heterocycles. The Hall–Kier alpha value is -1.59. The molecule has 0 spiro atoms. The van der Waals surface area contributed by atoms with Crippen LogP contribution in [0.1, 0.15) is 6.92 Å². The van der Waals surface area contributed by atoms with E-state index in [-0.39, 0.29) is 12.5 Å². The van der Waals surface area contributed by atoms with Crippen molar-refractivity contribution in [3.8, 4) is 0 Å². The maximum absolute atomic E-state index is 11.4. The van der Waals surface area contributed by atoms with Crippen molar-refractivity contribution in [1.29, 1.82) is 0 Å². The number of hydrogen-bond acceptors (Lipinski definition) is 4. The quantitative estimate of drug-likeness (QED) is 0.666. The number of carbonyl (C=O) groups is 1. The average Bonchev–Trinajstić information content (AvgIpc) is 2.37. The molecule has 0 aliphatic rings. The van der Waals surface area contributed by atoms with Gasteiger partial charge in [-0.05, 0) is 38.2 Å². The summed E-state index contributed by atoms with van der Waals surface area (Å²) in [6, 6.07) is 7.61. The van der Waals surface area contributed by atoms with Gasteiger partial charge in [0.25, 0.3) is 0 Å². The van der Waals surface area contributed by atoms with E-state index in [1.807, 2.05) is 31.2 Å². The van der Waals surface area contributed by atoms with Crippen molar-refractivity contribution in [3.63, 3.8) is 0 Å². The SMILES string of the molecule is CCN(CCO)c1ccc(NC(=O)CNC)cc1. The predicted octanol–water partition coefficient (Wildman–Crippen LogP) is 0.663. The third-order valence-corrected chi connectivity index (χ3v) is 2.61. The zero-order valence-corrected chi connectivity index (χ0v) is 10.9. The molecule has 1 aromatic rings. The molecular formula is C13H21N3O2. The normalized spacial score (nSPS) is 10.2. The zero-order valence-electron chi connectivity index (χ0n) is 10.9. The first-order valence-electron chi connectivity index (χ1n) is 6.11. The van der Waals surface area contributed by atoms with E-state index in [4.69, 9.17) is 5.11 Å². The van der Waals surface area contributed by atoms with Gasteiger partial charge in [-0.25, -0.2) is 0 Å². The molecule has 0 aliphatic heterocycles. The Balaban J connectivity index is 2.64. The minimum absolute atomic E-state index is 0.0621. The van der Waals surface area contributed by atoms with Crippen LogP contribution in [0.15, 0.2) is 24.3 Å². The lowest BCUT2D eigenvalue weighted by molar-refractivity contribution is -0.115. The van der Waals surface area contributed by atoms with E-state index in [0.717, 1.165) is 17.9 Å². The molecule has 0 aromatic heterocycles. The van der Waals surface area contributed by atoms with Crippen molar-refractivity contribution in [2.75, 3.05) is 43.5 Å². The molecule has 0 saturated carbocycles. The smallest absolute Gasteiger partial charge is 0.238 e. The number of nitrogens with one attached hydrogen (secondary N) is 2. The molecule has 0 fully saturated rings. The van der Waals surface area contributed by atoms with Gasteiger partial charge in [-0.2, -0.15) is 0 Å². The maximum atomic E-state index is 11.4. The molecule has 5 nitrogen and oxygen atoms in total. The Morgan fingerprint density at radius 2 is 2.00 bits per heavy atom. The Bertz CT molecular complexity index is 365. The standard InChI is InChI=1S/C13H21N3O2/c1-3-16(8-9-17)12-6-4-11(5-7-12)15-13(18)10-14-2/h4-7,14,17H,3,8-10H2,1-2H3,(H,15,18). The number of benzene rings is 1. The van der Waals surface area contributed by atoms with Crippen LogP contribution in [0, 0.1) is 0 Å². The topological polar surface area (TPSA) is 64.6 Å². The second-order valence-corrected chi connectivity index (χ2v) is 3.93. The summed E-state index contributed by atoms with van der Waals surface area (Å²) in [6.07, 6.45) is 0. The molecule has 100 valence electrons. The van der Waals surface area contributed by atoms with Crippen LogP contribution < -0.4 is 15.5 Å². The van der Waals surface area contributed by atoms with Gasteiger partial charge in [0.15, 0.2) is 0 Å². The number of aliphatic hydroxyl groups excluding tert-OH is 1. The van der Waals surface area contributed by atoms with Crippen LogP contribution in [0.2, 0.25) is 0 Å². The van der Waals surface area contributed by atoms with Gasteiger partial charge < -0.3 is 20.6 Å². The van der Waals surface area contributed by atoms with Crippen molar-refractivity contribution >= 4 is 17.3 Å². The van der Waals surface area contributed by atoms with Crippen LogP contribution in [-0.2, 0) is 4.79 Å². The summed E-state index contributed by atoms with van der Waals surface area (Å²) >= 11 is 0. The van der Waals surface area contributed by atoms with Crippen molar-refractivity contribution in [2.24, 2.45) is 0 Å². The maximum Gasteiger partial charge on any atom is 0.238 e. The van der Waals surface area contributed by atoms with Crippen LogP contribution in [-0.4, -0.2) is 44.3 Å². The molecule has 5 heteroatoms. The molecule has 0 bridgehead atoms. The van der Waals surface area contributed by atoms with Gasteiger partial charge in [-0.1, -0.05) is 0 Å².